The number of benzene rings is 6. The summed E-state index contributed by atoms with van der Waals surface area (Å²) in [7, 11) is 2.13. The zero-order valence-corrected chi connectivity index (χ0v) is 33.8. The van der Waals surface area contributed by atoms with Gasteiger partial charge in [0.2, 0.25) is 5.91 Å². The first-order valence-electron chi connectivity index (χ1n) is 20.4. The first-order chi connectivity index (χ1) is 29.2. The van der Waals surface area contributed by atoms with Gasteiger partial charge in [0.05, 0.1) is 31.8 Å². The lowest BCUT2D eigenvalue weighted by molar-refractivity contribution is -0.253. The molecule has 2 saturated heterocycles. The fraction of sp³-hybridized carbons (Fsp3) is 0.260. The number of carbonyl (C=O) groups is 3. The summed E-state index contributed by atoms with van der Waals surface area (Å²) < 4.78 is 18.8. The maximum atomic E-state index is 13.3. The predicted octanol–water partition coefficient (Wildman–Crippen LogP) is 8.79. The summed E-state index contributed by atoms with van der Waals surface area (Å²) in [6.45, 7) is 3.00. The zero-order valence-electron chi connectivity index (χ0n) is 33.8. The Kier molecular flexibility index (Phi) is 12.4. The Balaban J connectivity index is 0.962. The molecule has 5 atom stereocenters. The van der Waals surface area contributed by atoms with E-state index in [-0.39, 0.29) is 50.3 Å². The summed E-state index contributed by atoms with van der Waals surface area (Å²) in [5.74, 6) is -0.831. The van der Waals surface area contributed by atoms with Gasteiger partial charge in [-0.1, -0.05) is 127 Å². The van der Waals surface area contributed by atoms with Crippen LogP contribution in [0, 0.1) is 0 Å². The van der Waals surface area contributed by atoms with Crippen LogP contribution in [0.3, 0.4) is 0 Å². The van der Waals surface area contributed by atoms with Gasteiger partial charge in [0, 0.05) is 24.6 Å². The average Bonchev–Trinajstić information content (AvgIpc) is 3.55. The molecule has 0 aliphatic carbocycles. The average molecular weight is 804 g/mol. The van der Waals surface area contributed by atoms with E-state index in [9.17, 15) is 19.5 Å². The second-order valence-electron chi connectivity index (χ2n) is 15.7. The quantitative estimate of drug-likeness (QED) is 0.111. The number of alkyl carbamates (subject to hydrolysis) is 1. The smallest absolute Gasteiger partial charge is 0.408 e. The first-order valence-corrected chi connectivity index (χ1v) is 20.4. The van der Waals surface area contributed by atoms with Gasteiger partial charge in [-0.3, -0.25) is 19.4 Å². The van der Waals surface area contributed by atoms with E-state index >= 15 is 0 Å². The van der Waals surface area contributed by atoms with E-state index in [0.717, 1.165) is 38.9 Å². The second-order valence-corrected chi connectivity index (χ2v) is 15.7. The topological polar surface area (TPSA) is 118 Å². The maximum absolute atomic E-state index is 13.3. The molecule has 1 unspecified atom stereocenters. The lowest BCUT2D eigenvalue weighted by atomic mass is 9.97. The highest BCUT2D eigenvalue weighted by atomic mass is 16.7. The molecule has 2 fully saturated rings. The van der Waals surface area contributed by atoms with Crippen LogP contribution in [-0.4, -0.2) is 58.6 Å². The Hall–Kier alpha value is -6.17. The molecule has 60 heavy (non-hydrogen) atoms. The third kappa shape index (κ3) is 9.48. The Bertz CT molecular complexity index is 2460. The Labute approximate surface area is 350 Å². The van der Waals surface area contributed by atoms with Crippen LogP contribution >= 0.6 is 0 Å². The molecule has 6 aromatic carbocycles. The summed E-state index contributed by atoms with van der Waals surface area (Å²) in [6, 6.07) is 47.1. The first kappa shape index (κ1) is 40.6. The monoisotopic (exact) mass is 803 g/mol. The minimum Gasteiger partial charge on any atom is -0.445 e. The van der Waals surface area contributed by atoms with Crippen molar-refractivity contribution in [3.8, 4) is 11.1 Å². The molecule has 0 saturated carbocycles. The van der Waals surface area contributed by atoms with Gasteiger partial charge in [-0.2, -0.15) is 0 Å². The molecule has 10 nitrogen and oxygen atoms in total. The van der Waals surface area contributed by atoms with Gasteiger partial charge in [-0.05, 0) is 81.9 Å². The predicted molar refractivity (Wildman–Crippen MR) is 229 cm³/mol. The highest BCUT2D eigenvalue weighted by Crippen LogP contribution is 2.40. The number of carbonyl (C=O) groups excluding carboxylic acids is 3. The number of likely N-dealkylation sites (tertiary alicyclic amines) is 1. The van der Waals surface area contributed by atoms with Gasteiger partial charge in [0.25, 0.3) is 5.91 Å². The molecule has 2 N–H and O–H groups in total. The van der Waals surface area contributed by atoms with Crippen LogP contribution in [0.25, 0.3) is 21.9 Å². The number of imide groups is 1. The Morgan fingerprint density at radius 1 is 0.783 bits per heavy atom. The number of aliphatic hydroxyl groups excluding tert-OH is 1. The minimum atomic E-state index is -0.988. The fourth-order valence-corrected chi connectivity index (χ4v) is 8.00. The summed E-state index contributed by atoms with van der Waals surface area (Å²) in [5, 5.41) is 14.7. The van der Waals surface area contributed by atoms with Gasteiger partial charge in [0.1, 0.15) is 12.6 Å². The van der Waals surface area contributed by atoms with Crippen molar-refractivity contribution < 1.29 is 33.7 Å². The second kappa shape index (κ2) is 18.4. The van der Waals surface area contributed by atoms with E-state index in [1.54, 1.807) is 0 Å². The molecular weight excluding hydrogens is 755 g/mol. The minimum absolute atomic E-state index is 0.0278. The molecule has 10 heteroatoms. The number of likely N-dealkylation sites (N-methyl/N-ethyl adjacent to an activating group) is 1. The van der Waals surface area contributed by atoms with E-state index in [1.807, 2.05) is 97.1 Å². The van der Waals surface area contributed by atoms with Crippen LogP contribution in [-0.2, 0) is 43.6 Å². The van der Waals surface area contributed by atoms with Crippen molar-refractivity contribution in [2.24, 2.45) is 0 Å². The lowest BCUT2D eigenvalue weighted by Gasteiger charge is -2.39. The van der Waals surface area contributed by atoms with E-state index in [4.69, 9.17) is 14.2 Å². The number of hydrogen-bond acceptors (Lipinski definition) is 8. The van der Waals surface area contributed by atoms with Crippen LogP contribution in [0.1, 0.15) is 71.6 Å². The lowest BCUT2D eigenvalue weighted by Crippen LogP contribution is -2.41. The molecule has 2 aliphatic rings. The van der Waals surface area contributed by atoms with Gasteiger partial charge in [-0.25, -0.2) is 4.79 Å². The van der Waals surface area contributed by atoms with Crippen LogP contribution in [0.4, 0.5) is 4.79 Å². The Morgan fingerprint density at radius 3 is 2.28 bits per heavy atom. The molecule has 0 bridgehead atoms. The van der Waals surface area contributed by atoms with Crippen molar-refractivity contribution in [3.05, 3.63) is 179 Å². The molecule has 2 aliphatic heterocycles. The van der Waals surface area contributed by atoms with Crippen molar-refractivity contribution in [1.29, 1.82) is 0 Å². The van der Waals surface area contributed by atoms with Crippen molar-refractivity contribution >= 4 is 28.7 Å². The van der Waals surface area contributed by atoms with Crippen LogP contribution in [0.15, 0.2) is 146 Å². The van der Waals surface area contributed by atoms with Crippen LogP contribution in [0.5, 0.6) is 0 Å². The molecule has 8 rings (SSSR count). The van der Waals surface area contributed by atoms with E-state index in [2.05, 4.69) is 72.7 Å². The third-order valence-corrected chi connectivity index (χ3v) is 11.5. The normalized spacial score (nSPS) is 19.8. The third-order valence-electron chi connectivity index (χ3n) is 11.5. The fourth-order valence-electron chi connectivity index (χ4n) is 8.00. The summed E-state index contributed by atoms with van der Waals surface area (Å²) >= 11 is 0. The largest absolute Gasteiger partial charge is 0.445 e. The van der Waals surface area contributed by atoms with Gasteiger partial charge in [0.15, 0.2) is 6.29 Å². The van der Waals surface area contributed by atoms with Gasteiger partial charge in [-0.15, -0.1) is 0 Å². The summed E-state index contributed by atoms with van der Waals surface area (Å²) in [5.41, 5.74) is 7.38. The molecule has 6 aromatic rings. The van der Waals surface area contributed by atoms with Crippen molar-refractivity contribution in [1.82, 2.24) is 15.1 Å². The standard InChI is InChI=1S/C50H49N3O7/c1-33(39-23-22-37-13-6-7-14-41(37)25-39)52(2)30-44-27-46(38-20-18-34(31-54)19-21-38)60-49(59-44)43-17-9-16-42(26-43)40-15-8-12-36(24-40)29-53-47(55)28-45(48(53)56)51-50(57)58-32-35-10-4-3-5-11-35/h3-26,33,44-46,49,54H,27-32H2,1-2H3,(H,51,57)/t33-,44-,45?,46+,49+/m1/s1. The number of hydrogen-bond donors (Lipinski definition) is 2. The SMILES string of the molecule is C[C@H](c1ccc2ccccc2c1)N(C)C[C@H]1C[C@@H](c2ccc(CO)cc2)O[C@@H](c2cccc(-c3cccc(CN4C(=O)CC(NC(=O)OCc5ccccc5)C4=O)c3)c2)O1. The zero-order chi connectivity index (χ0) is 41.6. The van der Waals surface area contributed by atoms with Crippen molar-refractivity contribution in [2.75, 3.05) is 13.6 Å². The molecule has 0 radical (unpaired) electrons. The van der Waals surface area contributed by atoms with Crippen LogP contribution in [0.2, 0.25) is 0 Å². The number of ether oxygens (including phenoxy) is 3. The highest BCUT2D eigenvalue weighted by molar-refractivity contribution is 6.06. The number of rotatable bonds is 13. The molecular formula is C50H49N3O7. The summed E-state index contributed by atoms with van der Waals surface area (Å²) in [6.07, 6.45) is -1.26. The maximum Gasteiger partial charge on any atom is 0.408 e. The Morgan fingerprint density at radius 2 is 1.50 bits per heavy atom. The molecule has 306 valence electrons. The molecule has 0 aromatic heterocycles. The van der Waals surface area contributed by atoms with E-state index < -0.39 is 24.3 Å². The number of nitrogens with zero attached hydrogens (tertiary/aromatic N) is 2. The molecule has 0 spiro atoms. The molecule has 2 heterocycles. The summed E-state index contributed by atoms with van der Waals surface area (Å²) in [4.78, 5) is 42.3. The van der Waals surface area contributed by atoms with Crippen LogP contribution < -0.4 is 5.32 Å². The van der Waals surface area contributed by atoms with Crippen molar-refractivity contribution in [2.45, 2.75) is 70.1 Å². The van der Waals surface area contributed by atoms with Gasteiger partial charge >= 0.3 is 6.09 Å². The highest BCUT2D eigenvalue weighted by Gasteiger charge is 2.40. The van der Waals surface area contributed by atoms with E-state index in [1.165, 1.54) is 21.2 Å². The molecule has 3 amide bonds. The number of nitrogens with one attached hydrogen (secondary N) is 1. The number of amides is 3. The van der Waals surface area contributed by atoms with Gasteiger partial charge < -0.3 is 24.6 Å². The van der Waals surface area contributed by atoms with Crippen molar-refractivity contribution in [3.63, 3.8) is 0 Å². The van der Waals surface area contributed by atoms with E-state index in [0.29, 0.717) is 13.0 Å². The number of aliphatic hydroxyl groups is 1. The number of fused-ring (bicyclic) bond motifs is 1.